The number of piperazine rings is 1. The molecule has 1 N–H and O–H groups in total. The number of hydrogen-bond donors (Lipinski definition) is 1. The summed E-state index contributed by atoms with van der Waals surface area (Å²) in [6.07, 6.45) is -2.68. The lowest BCUT2D eigenvalue weighted by atomic mass is 10.3. The van der Waals surface area contributed by atoms with E-state index in [1.54, 1.807) is 0 Å². The fourth-order valence-electron chi connectivity index (χ4n) is 2.56. The second-order valence-corrected chi connectivity index (χ2v) is 8.10. The third kappa shape index (κ3) is 5.72. The normalized spacial score (nSPS) is 17.3. The lowest BCUT2D eigenvalue weighted by molar-refractivity contribution is -0.897. The van der Waals surface area contributed by atoms with Crippen LogP contribution in [-0.4, -0.2) is 51.8 Å². The Morgan fingerprint density at radius 3 is 2.24 bits per heavy atom. The van der Waals surface area contributed by atoms with E-state index in [1.165, 1.54) is 14.8 Å². The van der Waals surface area contributed by atoms with Gasteiger partial charge in [-0.1, -0.05) is 5.57 Å². The molecule has 0 unspecified atom stereocenters. The number of quaternary nitrogens is 1. The van der Waals surface area contributed by atoms with Crippen molar-refractivity contribution in [3.63, 3.8) is 0 Å². The Kier molecular flexibility index (Phi) is 6.12. The average Bonchev–Trinajstić information content (AvgIpc) is 2.52. The van der Waals surface area contributed by atoms with Crippen LogP contribution in [0.4, 0.5) is 13.2 Å². The minimum atomic E-state index is -4.80. The maximum absolute atomic E-state index is 12.6. The molecule has 0 bridgehead atoms. The Balaban J connectivity index is 2.01. The quantitative estimate of drug-likeness (QED) is 0.788. The third-order valence-corrected chi connectivity index (χ3v) is 5.84. The van der Waals surface area contributed by atoms with Gasteiger partial charge in [-0.15, -0.1) is 13.2 Å². The molecule has 1 heterocycles. The fraction of sp³-hybridized carbons (Fsp3) is 0.500. The Bertz CT molecular complexity index is 703. The predicted molar refractivity (Wildman–Crippen MR) is 86.9 cm³/mol. The number of nitrogens with one attached hydrogen (secondary N) is 1. The van der Waals surface area contributed by atoms with Crippen LogP contribution in [0.2, 0.25) is 0 Å². The first kappa shape index (κ1) is 19.7. The van der Waals surface area contributed by atoms with Crippen molar-refractivity contribution in [1.82, 2.24) is 4.31 Å². The highest BCUT2D eigenvalue weighted by atomic mass is 32.2. The molecule has 9 heteroatoms. The molecule has 5 nitrogen and oxygen atoms in total. The second kappa shape index (κ2) is 7.76. The molecule has 0 atom stereocenters. The van der Waals surface area contributed by atoms with E-state index in [2.05, 4.69) is 10.8 Å². The van der Waals surface area contributed by atoms with Gasteiger partial charge in [-0.05, 0) is 44.2 Å². The van der Waals surface area contributed by atoms with Gasteiger partial charge in [0.25, 0.3) is 0 Å². The molecule has 0 radical (unpaired) electrons. The number of benzene rings is 1. The standard InChI is InChI=1S/C16H21F3N2O3S/c1-13(2)7-8-20-9-11-21(12-10-20)25(22,23)15-5-3-14(4-6-15)24-16(17,18)19/h3-7H,8-12H2,1-2H3/p+1. The summed E-state index contributed by atoms with van der Waals surface area (Å²) in [6, 6.07) is 4.30. The van der Waals surface area contributed by atoms with E-state index in [0.29, 0.717) is 26.2 Å². The van der Waals surface area contributed by atoms with Crippen molar-refractivity contribution >= 4 is 10.0 Å². The van der Waals surface area contributed by atoms with Crippen LogP contribution in [0.25, 0.3) is 0 Å². The Morgan fingerprint density at radius 2 is 1.76 bits per heavy atom. The van der Waals surface area contributed by atoms with Gasteiger partial charge in [-0.25, -0.2) is 8.42 Å². The summed E-state index contributed by atoms with van der Waals surface area (Å²) in [4.78, 5) is 1.27. The molecule has 25 heavy (non-hydrogen) atoms. The minimum absolute atomic E-state index is 0.0326. The van der Waals surface area contributed by atoms with Crippen molar-refractivity contribution in [2.24, 2.45) is 0 Å². The summed E-state index contributed by atoms with van der Waals surface area (Å²) >= 11 is 0. The Morgan fingerprint density at radius 1 is 1.20 bits per heavy atom. The topological polar surface area (TPSA) is 51.0 Å². The molecule has 0 aromatic heterocycles. The molecular weight excluding hydrogens is 357 g/mol. The first-order chi connectivity index (χ1) is 11.6. The van der Waals surface area contributed by atoms with Crippen molar-refractivity contribution in [2.45, 2.75) is 25.1 Å². The van der Waals surface area contributed by atoms with Gasteiger partial charge in [0.2, 0.25) is 10.0 Å². The second-order valence-electron chi connectivity index (χ2n) is 6.16. The van der Waals surface area contributed by atoms with E-state index in [1.807, 2.05) is 13.8 Å². The maximum atomic E-state index is 12.6. The number of allylic oxidation sites excluding steroid dienone is 1. The zero-order valence-electron chi connectivity index (χ0n) is 14.1. The van der Waals surface area contributed by atoms with Crippen LogP contribution in [-0.2, 0) is 10.0 Å². The van der Waals surface area contributed by atoms with E-state index in [9.17, 15) is 21.6 Å². The summed E-state index contributed by atoms with van der Waals surface area (Å²) < 4.78 is 66.8. The highest BCUT2D eigenvalue weighted by Crippen LogP contribution is 2.25. The number of ether oxygens (including phenoxy) is 1. The lowest BCUT2D eigenvalue weighted by Gasteiger charge is -2.31. The molecule has 140 valence electrons. The molecule has 1 aromatic carbocycles. The van der Waals surface area contributed by atoms with E-state index >= 15 is 0 Å². The van der Waals surface area contributed by atoms with E-state index in [-0.39, 0.29) is 4.90 Å². The monoisotopic (exact) mass is 379 g/mol. The number of nitrogens with zero attached hydrogens (tertiary/aromatic N) is 1. The molecule has 1 saturated heterocycles. The third-order valence-electron chi connectivity index (χ3n) is 3.92. The van der Waals surface area contributed by atoms with Crippen LogP contribution < -0.4 is 9.64 Å². The number of hydrogen-bond acceptors (Lipinski definition) is 3. The van der Waals surface area contributed by atoms with Crippen molar-refractivity contribution in [3.8, 4) is 5.75 Å². The maximum Gasteiger partial charge on any atom is 0.573 e. The average molecular weight is 379 g/mol. The molecular formula is C16H22F3N2O3S+. The SMILES string of the molecule is CC(C)=CC[NH+]1CCN(S(=O)(=O)c2ccc(OC(F)(F)F)cc2)CC1. The van der Waals surface area contributed by atoms with Crippen molar-refractivity contribution in [2.75, 3.05) is 32.7 Å². The minimum Gasteiger partial charge on any atom is -0.406 e. The van der Waals surface area contributed by atoms with Gasteiger partial charge >= 0.3 is 6.36 Å². The van der Waals surface area contributed by atoms with Crippen molar-refractivity contribution in [3.05, 3.63) is 35.9 Å². The van der Waals surface area contributed by atoms with Crippen LogP contribution in [0, 0.1) is 0 Å². The predicted octanol–water partition coefficient (Wildman–Crippen LogP) is 1.44. The summed E-state index contributed by atoms with van der Waals surface area (Å²) in [6.45, 7) is 7.05. The largest absolute Gasteiger partial charge is 0.573 e. The number of rotatable bonds is 5. The molecule has 2 rings (SSSR count). The summed E-state index contributed by atoms with van der Waals surface area (Å²) in [5.74, 6) is -0.442. The first-order valence-corrected chi connectivity index (χ1v) is 9.35. The summed E-state index contributed by atoms with van der Waals surface area (Å²) in [5, 5.41) is 0. The van der Waals surface area contributed by atoms with Crippen LogP contribution in [0.3, 0.4) is 0 Å². The van der Waals surface area contributed by atoms with Gasteiger partial charge in [-0.2, -0.15) is 4.31 Å². The van der Waals surface area contributed by atoms with Gasteiger partial charge in [0.1, 0.15) is 5.75 Å². The molecule has 0 aliphatic carbocycles. The Labute approximate surface area is 145 Å². The zero-order valence-corrected chi connectivity index (χ0v) is 15.0. The molecule has 0 saturated carbocycles. The summed E-state index contributed by atoms with van der Waals surface area (Å²) in [5.41, 5.74) is 1.23. The van der Waals surface area contributed by atoms with Crippen molar-refractivity contribution in [1.29, 1.82) is 0 Å². The van der Waals surface area contributed by atoms with Crippen LogP contribution in [0.15, 0.2) is 40.8 Å². The van der Waals surface area contributed by atoms with Gasteiger partial charge in [-0.3, -0.25) is 0 Å². The zero-order chi connectivity index (χ0) is 18.7. The molecule has 1 fully saturated rings. The molecule has 0 spiro atoms. The van der Waals surface area contributed by atoms with Gasteiger partial charge in [0.05, 0.1) is 37.6 Å². The van der Waals surface area contributed by atoms with Crippen LogP contribution in [0.5, 0.6) is 5.75 Å². The number of halogens is 3. The fourth-order valence-corrected chi connectivity index (χ4v) is 4.00. The van der Waals surface area contributed by atoms with Crippen LogP contribution >= 0.6 is 0 Å². The molecule has 1 aliphatic rings. The van der Waals surface area contributed by atoms with E-state index < -0.39 is 22.1 Å². The van der Waals surface area contributed by atoms with E-state index in [0.717, 1.165) is 30.8 Å². The molecule has 1 aromatic rings. The highest BCUT2D eigenvalue weighted by molar-refractivity contribution is 7.89. The van der Waals surface area contributed by atoms with E-state index in [4.69, 9.17) is 0 Å². The molecule has 1 aliphatic heterocycles. The van der Waals surface area contributed by atoms with Crippen molar-refractivity contribution < 1.29 is 31.2 Å². The van der Waals surface area contributed by atoms with Gasteiger partial charge in [0.15, 0.2) is 0 Å². The van der Waals surface area contributed by atoms with Gasteiger partial charge in [0, 0.05) is 0 Å². The lowest BCUT2D eigenvalue weighted by Crippen LogP contribution is -3.14. The van der Waals surface area contributed by atoms with Crippen LogP contribution in [0.1, 0.15) is 13.8 Å². The number of alkyl halides is 3. The first-order valence-electron chi connectivity index (χ1n) is 7.91. The van der Waals surface area contributed by atoms with Gasteiger partial charge < -0.3 is 9.64 Å². The summed E-state index contributed by atoms with van der Waals surface area (Å²) in [7, 11) is -3.71. The Hall–Kier alpha value is -1.58. The highest BCUT2D eigenvalue weighted by Gasteiger charge is 2.32. The molecule has 0 amide bonds. The smallest absolute Gasteiger partial charge is 0.406 e. The number of sulfonamides is 1.